The van der Waals surface area contributed by atoms with Crippen LogP contribution in [0.3, 0.4) is 0 Å². The molecule has 1 aromatic heterocycles. The van der Waals surface area contributed by atoms with E-state index in [-0.39, 0.29) is 20.3 Å². The highest BCUT2D eigenvalue weighted by Crippen LogP contribution is 2.38. The first-order chi connectivity index (χ1) is 9.87. The van der Waals surface area contributed by atoms with E-state index in [4.69, 9.17) is 11.6 Å². The average molecular weight is 354 g/mol. The summed E-state index contributed by atoms with van der Waals surface area (Å²) in [5.41, 5.74) is -0.360. The van der Waals surface area contributed by atoms with Crippen LogP contribution < -0.4 is 5.32 Å². The fraction of sp³-hybridized carbons (Fsp3) is 0.636. The molecule has 0 unspecified atom stereocenters. The van der Waals surface area contributed by atoms with Crippen LogP contribution in [0.2, 0.25) is 4.34 Å². The lowest BCUT2D eigenvalue weighted by Gasteiger charge is -2.32. The molecule has 1 saturated heterocycles. The van der Waals surface area contributed by atoms with E-state index in [0.717, 1.165) is 43.3 Å². The Morgan fingerprint density at radius 2 is 2.14 bits per heavy atom. The van der Waals surface area contributed by atoms with Crippen LogP contribution in [0.5, 0.6) is 0 Å². The molecule has 0 spiro atoms. The van der Waals surface area contributed by atoms with E-state index in [2.05, 4.69) is 5.32 Å². The summed E-state index contributed by atoms with van der Waals surface area (Å²) >= 11 is 6.50. The number of sulfonamides is 1. The molecular weight excluding hydrogens is 338 g/mol. The zero-order valence-electron chi connectivity index (χ0n) is 11.4. The van der Waals surface area contributed by atoms with Gasteiger partial charge in [0.2, 0.25) is 0 Å². The second-order valence-corrected chi connectivity index (χ2v) is 8.44. The third kappa shape index (κ3) is 3.37. The van der Waals surface area contributed by atoms with Crippen molar-refractivity contribution in [2.45, 2.75) is 30.0 Å². The first-order valence-corrected chi connectivity index (χ1v) is 9.17. The number of hydrogen-bond acceptors (Lipinski definition) is 6. The Bertz CT molecular complexity index is 625. The monoisotopic (exact) mass is 353 g/mol. The molecule has 10 heteroatoms. The van der Waals surface area contributed by atoms with Crippen LogP contribution in [0.25, 0.3) is 0 Å². The highest BCUT2D eigenvalue weighted by atomic mass is 35.5. The number of nitrogens with one attached hydrogen (secondary N) is 1. The maximum Gasteiger partial charge on any atom is 0.300 e. The van der Waals surface area contributed by atoms with Crippen molar-refractivity contribution < 1.29 is 13.3 Å². The van der Waals surface area contributed by atoms with E-state index in [9.17, 15) is 18.5 Å². The van der Waals surface area contributed by atoms with E-state index in [1.165, 1.54) is 4.31 Å². The predicted molar refractivity (Wildman–Crippen MR) is 81.4 cm³/mol. The molecule has 118 valence electrons. The van der Waals surface area contributed by atoms with Crippen molar-refractivity contribution in [3.05, 3.63) is 20.5 Å². The van der Waals surface area contributed by atoms with Crippen LogP contribution in [0, 0.1) is 10.1 Å². The highest BCUT2D eigenvalue weighted by Gasteiger charge is 2.34. The lowest BCUT2D eigenvalue weighted by atomic mass is 10.1. The second kappa shape index (κ2) is 6.57. The fourth-order valence-corrected chi connectivity index (χ4v) is 5.91. The fourth-order valence-electron chi connectivity index (χ4n) is 2.42. The molecule has 0 radical (unpaired) electrons. The summed E-state index contributed by atoms with van der Waals surface area (Å²) in [7, 11) is -3.75. The molecule has 2 rings (SSSR count). The largest absolute Gasteiger partial charge is 0.317 e. The minimum Gasteiger partial charge on any atom is -0.317 e. The summed E-state index contributed by atoms with van der Waals surface area (Å²) in [6.07, 6.45) is 1.46. The van der Waals surface area contributed by atoms with Gasteiger partial charge in [-0.25, -0.2) is 8.42 Å². The number of piperidine rings is 1. The van der Waals surface area contributed by atoms with E-state index < -0.39 is 14.9 Å². The summed E-state index contributed by atoms with van der Waals surface area (Å²) in [4.78, 5) is 10.1. The summed E-state index contributed by atoms with van der Waals surface area (Å²) in [5.74, 6) is 0. The molecule has 1 aliphatic heterocycles. The van der Waals surface area contributed by atoms with Crippen LogP contribution in [-0.4, -0.2) is 43.3 Å². The minimum atomic E-state index is -3.75. The Hall–Kier alpha value is -0.740. The van der Waals surface area contributed by atoms with Gasteiger partial charge in [-0.2, -0.15) is 4.31 Å². The molecule has 1 N–H and O–H groups in total. The smallest absolute Gasteiger partial charge is 0.300 e. The predicted octanol–water partition coefficient (Wildman–Crippen LogP) is 2.07. The molecule has 1 aromatic rings. The highest BCUT2D eigenvalue weighted by molar-refractivity contribution is 7.91. The molecule has 7 nitrogen and oxygen atoms in total. The zero-order chi connectivity index (χ0) is 15.6. The molecule has 1 fully saturated rings. The topological polar surface area (TPSA) is 92.6 Å². The molecule has 0 saturated carbocycles. The van der Waals surface area contributed by atoms with Gasteiger partial charge in [0.15, 0.2) is 4.34 Å². The van der Waals surface area contributed by atoms with Crippen molar-refractivity contribution in [3.8, 4) is 0 Å². The van der Waals surface area contributed by atoms with Gasteiger partial charge in [0, 0.05) is 18.7 Å². The summed E-state index contributed by atoms with van der Waals surface area (Å²) in [5, 5.41) is 14.0. The SMILES string of the molecule is CCN(C1CCNCC1)S(=O)(=O)c1cc([N+](=O)[O-])c(Cl)s1. The second-order valence-electron chi connectivity index (χ2n) is 4.67. The van der Waals surface area contributed by atoms with Gasteiger partial charge in [-0.1, -0.05) is 18.5 Å². The lowest BCUT2D eigenvalue weighted by molar-refractivity contribution is -0.384. The average Bonchev–Trinajstić information content (AvgIpc) is 2.83. The van der Waals surface area contributed by atoms with E-state index in [1.54, 1.807) is 6.92 Å². The Balaban J connectivity index is 2.34. The lowest BCUT2D eigenvalue weighted by Crippen LogP contribution is -2.45. The number of rotatable bonds is 5. The number of hydrogen-bond donors (Lipinski definition) is 1. The van der Waals surface area contributed by atoms with Gasteiger partial charge in [0.05, 0.1) is 4.92 Å². The third-order valence-electron chi connectivity index (χ3n) is 3.43. The minimum absolute atomic E-state index is 0.0698. The Labute approximate surface area is 132 Å². The van der Waals surface area contributed by atoms with E-state index in [0.29, 0.717) is 6.54 Å². The van der Waals surface area contributed by atoms with Crippen LogP contribution in [-0.2, 0) is 10.0 Å². The Morgan fingerprint density at radius 1 is 1.52 bits per heavy atom. The van der Waals surface area contributed by atoms with Crippen LogP contribution in [0.15, 0.2) is 10.3 Å². The number of thiophene rings is 1. The molecule has 0 bridgehead atoms. The standard InChI is InChI=1S/C11H16ClN3O4S2/c1-2-14(8-3-5-13-6-4-8)21(18,19)10-7-9(15(16)17)11(12)20-10/h7-8,13H,2-6H2,1H3. The van der Waals surface area contributed by atoms with Gasteiger partial charge in [-0.05, 0) is 25.9 Å². The van der Waals surface area contributed by atoms with Crippen molar-refractivity contribution in [3.63, 3.8) is 0 Å². The van der Waals surface area contributed by atoms with Gasteiger partial charge in [0.25, 0.3) is 15.7 Å². The third-order valence-corrected chi connectivity index (χ3v) is 7.25. The molecule has 0 amide bonds. The van der Waals surface area contributed by atoms with Gasteiger partial charge < -0.3 is 5.32 Å². The van der Waals surface area contributed by atoms with Gasteiger partial charge >= 0.3 is 0 Å². The first-order valence-electron chi connectivity index (χ1n) is 6.54. The summed E-state index contributed by atoms with van der Waals surface area (Å²) in [6, 6.07) is 0.965. The van der Waals surface area contributed by atoms with Crippen LogP contribution in [0.1, 0.15) is 19.8 Å². The maximum absolute atomic E-state index is 12.7. The Kier molecular flexibility index (Phi) is 5.20. The molecule has 1 aliphatic rings. The normalized spacial score (nSPS) is 17.3. The molecule has 0 aromatic carbocycles. The number of nitro groups is 1. The van der Waals surface area contributed by atoms with Crippen molar-refractivity contribution in [2.75, 3.05) is 19.6 Å². The maximum atomic E-state index is 12.7. The van der Waals surface area contributed by atoms with Crippen molar-refractivity contribution in [1.29, 1.82) is 0 Å². The van der Waals surface area contributed by atoms with Crippen molar-refractivity contribution in [1.82, 2.24) is 9.62 Å². The number of halogens is 1. The summed E-state index contributed by atoms with van der Waals surface area (Å²) in [6.45, 7) is 3.63. The molecule has 21 heavy (non-hydrogen) atoms. The quantitative estimate of drug-likeness (QED) is 0.646. The molecular formula is C11H16ClN3O4S2. The van der Waals surface area contributed by atoms with E-state index >= 15 is 0 Å². The van der Waals surface area contributed by atoms with Crippen molar-refractivity contribution in [2.24, 2.45) is 0 Å². The van der Waals surface area contributed by atoms with Gasteiger partial charge in [-0.3, -0.25) is 10.1 Å². The van der Waals surface area contributed by atoms with Gasteiger partial charge in [-0.15, -0.1) is 11.3 Å². The van der Waals surface area contributed by atoms with Gasteiger partial charge in [0.1, 0.15) is 4.21 Å². The first kappa shape index (κ1) is 16.6. The number of nitrogens with zero attached hydrogens (tertiary/aromatic N) is 2. The Morgan fingerprint density at radius 3 is 2.62 bits per heavy atom. The molecule has 0 atom stereocenters. The van der Waals surface area contributed by atoms with Crippen LogP contribution in [0.4, 0.5) is 5.69 Å². The summed E-state index contributed by atoms with van der Waals surface area (Å²) < 4.78 is 26.6. The van der Waals surface area contributed by atoms with E-state index in [1.807, 2.05) is 0 Å². The van der Waals surface area contributed by atoms with Crippen LogP contribution >= 0.6 is 22.9 Å². The molecule has 2 heterocycles. The zero-order valence-corrected chi connectivity index (χ0v) is 13.8. The van der Waals surface area contributed by atoms with Crippen molar-refractivity contribution >= 4 is 38.6 Å². The molecule has 0 aliphatic carbocycles.